The molecule has 0 radical (unpaired) electrons. The maximum atomic E-state index is 12.6. The average Bonchev–Trinajstić information content (AvgIpc) is 2.26. The van der Waals surface area contributed by atoms with Crippen LogP contribution in [0, 0.1) is 14.9 Å². The van der Waals surface area contributed by atoms with Crippen molar-refractivity contribution in [3.63, 3.8) is 0 Å². The number of nitrogens with zero attached hydrogens (tertiary/aromatic N) is 1. The smallest absolute Gasteiger partial charge is 0.293 e. The minimum Gasteiger partial charge on any atom is -0.293 e. The normalized spacial score (nSPS) is 11.1. The van der Waals surface area contributed by atoms with Gasteiger partial charge >= 0.3 is 6.18 Å². The van der Waals surface area contributed by atoms with Gasteiger partial charge < -0.3 is 0 Å². The Labute approximate surface area is 117 Å². The lowest BCUT2D eigenvalue weighted by molar-refractivity contribution is -0.137. The van der Waals surface area contributed by atoms with E-state index < -0.39 is 17.3 Å². The number of carbonyl (C=O) groups is 1. The number of rotatable bonds is 2. The SMILES string of the molecule is N#Cc1c(C(F)(F)F)ccc(C(=O)CBr)c1I. The molecular weight excluding hydrogens is 414 g/mol. The van der Waals surface area contributed by atoms with Crippen LogP contribution in [0.4, 0.5) is 13.2 Å². The van der Waals surface area contributed by atoms with Gasteiger partial charge in [0.25, 0.3) is 0 Å². The summed E-state index contributed by atoms with van der Waals surface area (Å²) in [5.74, 6) is -0.361. The van der Waals surface area contributed by atoms with Gasteiger partial charge in [-0.15, -0.1) is 0 Å². The Morgan fingerprint density at radius 1 is 1.47 bits per heavy atom. The van der Waals surface area contributed by atoms with Crippen molar-refractivity contribution in [3.05, 3.63) is 32.4 Å². The maximum absolute atomic E-state index is 12.6. The molecule has 0 N–H and O–H groups in total. The number of benzene rings is 1. The quantitative estimate of drug-likeness (QED) is 0.417. The van der Waals surface area contributed by atoms with E-state index in [1.54, 1.807) is 22.6 Å². The van der Waals surface area contributed by atoms with Crippen LogP contribution in [0.1, 0.15) is 21.5 Å². The molecule has 7 heteroatoms. The van der Waals surface area contributed by atoms with Crippen LogP contribution >= 0.6 is 38.5 Å². The minimum absolute atomic E-state index is 0.000759. The molecule has 0 amide bonds. The van der Waals surface area contributed by atoms with Crippen molar-refractivity contribution in [3.8, 4) is 6.07 Å². The van der Waals surface area contributed by atoms with Crippen LogP contribution in [0.3, 0.4) is 0 Å². The van der Waals surface area contributed by atoms with Gasteiger partial charge in [-0.3, -0.25) is 4.79 Å². The van der Waals surface area contributed by atoms with Crippen molar-refractivity contribution in [1.82, 2.24) is 0 Å². The van der Waals surface area contributed by atoms with E-state index in [0.29, 0.717) is 0 Å². The third-order valence-corrected chi connectivity index (χ3v) is 3.61. The van der Waals surface area contributed by atoms with Gasteiger partial charge in [0, 0.05) is 9.13 Å². The van der Waals surface area contributed by atoms with Gasteiger partial charge in [-0.2, -0.15) is 18.4 Å². The second kappa shape index (κ2) is 5.35. The third-order valence-electron chi connectivity index (χ3n) is 1.98. The van der Waals surface area contributed by atoms with E-state index in [0.717, 1.165) is 12.1 Å². The Morgan fingerprint density at radius 3 is 2.47 bits per heavy atom. The first-order valence-corrected chi connectivity index (χ1v) is 6.42. The summed E-state index contributed by atoms with van der Waals surface area (Å²) in [6, 6.07) is 3.35. The molecule has 0 fully saturated rings. The summed E-state index contributed by atoms with van der Waals surface area (Å²) in [5, 5.41) is 8.76. The molecule has 0 bridgehead atoms. The van der Waals surface area contributed by atoms with E-state index in [1.807, 2.05) is 0 Å². The van der Waals surface area contributed by atoms with Crippen molar-refractivity contribution in [2.75, 3.05) is 5.33 Å². The van der Waals surface area contributed by atoms with Gasteiger partial charge in [0.05, 0.1) is 16.5 Å². The van der Waals surface area contributed by atoms with Gasteiger partial charge in [0.1, 0.15) is 6.07 Å². The van der Waals surface area contributed by atoms with E-state index in [9.17, 15) is 18.0 Å². The number of nitriles is 1. The second-order valence-corrected chi connectivity index (χ2v) is 4.66. The number of Topliss-reactive ketones (excluding diaryl/α,β-unsaturated/α-hetero) is 1. The highest BCUT2D eigenvalue weighted by molar-refractivity contribution is 14.1. The lowest BCUT2D eigenvalue weighted by Gasteiger charge is -2.11. The van der Waals surface area contributed by atoms with Crippen LogP contribution in [0.2, 0.25) is 0 Å². The summed E-state index contributed by atoms with van der Waals surface area (Å²) in [6.45, 7) is 0. The number of hydrogen-bond acceptors (Lipinski definition) is 2. The molecule has 0 aliphatic rings. The highest BCUT2D eigenvalue weighted by atomic mass is 127. The first-order valence-electron chi connectivity index (χ1n) is 4.22. The van der Waals surface area contributed by atoms with Crippen LogP contribution < -0.4 is 0 Å². The molecule has 0 atom stereocenters. The van der Waals surface area contributed by atoms with E-state index in [1.165, 1.54) is 6.07 Å². The Bertz CT molecular complexity index is 507. The zero-order chi connectivity index (χ0) is 13.2. The highest BCUT2D eigenvalue weighted by Gasteiger charge is 2.35. The molecule has 0 aliphatic carbocycles. The van der Waals surface area contributed by atoms with Crippen LogP contribution in [0.5, 0.6) is 0 Å². The maximum Gasteiger partial charge on any atom is 0.417 e. The van der Waals surface area contributed by atoms with Crippen molar-refractivity contribution in [2.24, 2.45) is 0 Å². The van der Waals surface area contributed by atoms with Crippen molar-refractivity contribution >= 4 is 44.3 Å². The van der Waals surface area contributed by atoms with Gasteiger partial charge in [-0.25, -0.2) is 0 Å². The molecular formula is C10H4BrF3INO. The van der Waals surface area contributed by atoms with E-state index >= 15 is 0 Å². The van der Waals surface area contributed by atoms with Crippen LogP contribution in [0.15, 0.2) is 12.1 Å². The summed E-state index contributed by atoms with van der Waals surface area (Å²) in [5.41, 5.74) is -1.41. The molecule has 0 aromatic heterocycles. The van der Waals surface area contributed by atoms with Crippen molar-refractivity contribution in [1.29, 1.82) is 5.26 Å². The highest BCUT2D eigenvalue weighted by Crippen LogP contribution is 2.34. The lowest BCUT2D eigenvalue weighted by Crippen LogP contribution is -2.12. The van der Waals surface area contributed by atoms with E-state index in [4.69, 9.17) is 5.26 Å². The molecule has 90 valence electrons. The monoisotopic (exact) mass is 417 g/mol. The summed E-state index contributed by atoms with van der Waals surface area (Å²) in [6.07, 6.45) is -4.60. The topological polar surface area (TPSA) is 40.9 Å². The third kappa shape index (κ3) is 2.98. The summed E-state index contributed by atoms with van der Waals surface area (Å²) in [7, 11) is 0. The van der Waals surface area contributed by atoms with Crippen LogP contribution in [0.25, 0.3) is 0 Å². The average molecular weight is 418 g/mol. The van der Waals surface area contributed by atoms with Crippen molar-refractivity contribution in [2.45, 2.75) is 6.18 Å². The Balaban J connectivity index is 3.50. The number of carbonyl (C=O) groups excluding carboxylic acids is 1. The largest absolute Gasteiger partial charge is 0.417 e. The Kier molecular flexibility index (Phi) is 4.55. The molecule has 0 aliphatic heterocycles. The number of hydrogen-bond donors (Lipinski definition) is 0. The van der Waals surface area contributed by atoms with Crippen LogP contribution in [-0.4, -0.2) is 11.1 Å². The predicted molar refractivity (Wildman–Crippen MR) is 67.0 cm³/mol. The first-order chi connectivity index (χ1) is 7.82. The van der Waals surface area contributed by atoms with E-state index in [2.05, 4.69) is 15.9 Å². The van der Waals surface area contributed by atoms with Gasteiger partial charge in [0.15, 0.2) is 5.78 Å². The van der Waals surface area contributed by atoms with Crippen molar-refractivity contribution < 1.29 is 18.0 Å². The molecule has 0 spiro atoms. The Hall–Kier alpha value is -0.620. The molecule has 1 aromatic rings. The lowest BCUT2D eigenvalue weighted by atomic mass is 10.0. The number of halogens is 5. The summed E-state index contributed by atoms with van der Waals surface area (Å²) in [4.78, 5) is 11.4. The first kappa shape index (κ1) is 14.4. The zero-order valence-corrected chi connectivity index (χ0v) is 11.9. The van der Waals surface area contributed by atoms with Gasteiger partial charge in [-0.1, -0.05) is 15.9 Å². The molecule has 0 heterocycles. The predicted octanol–water partition coefficient (Wildman–Crippen LogP) is 3.76. The van der Waals surface area contributed by atoms with Gasteiger partial charge in [-0.05, 0) is 34.7 Å². The number of alkyl halides is 4. The second-order valence-electron chi connectivity index (χ2n) is 3.02. The molecule has 0 unspecified atom stereocenters. The van der Waals surface area contributed by atoms with E-state index in [-0.39, 0.29) is 20.2 Å². The molecule has 2 nitrogen and oxygen atoms in total. The fraction of sp³-hybridized carbons (Fsp3) is 0.200. The number of ketones is 1. The Morgan fingerprint density at radius 2 is 2.06 bits per heavy atom. The summed E-state index contributed by atoms with van der Waals surface area (Å²) >= 11 is 4.51. The minimum atomic E-state index is -4.60. The summed E-state index contributed by atoms with van der Waals surface area (Å²) < 4.78 is 37.8. The fourth-order valence-corrected chi connectivity index (χ4v) is 2.40. The van der Waals surface area contributed by atoms with Crippen LogP contribution in [-0.2, 0) is 6.18 Å². The molecule has 1 aromatic carbocycles. The molecule has 0 saturated heterocycles. The molecule has 0 saturated carbocycles. The fourth-order valence-electron chi connectivity index (χ4n) is 1.21. The molecule has 1 rings (SSSR count). The standard InChI is InChI=1S/C10H4BrF3INO/c11-3-8(17)5-1-2-7(10(12,13)14)6(4-16)9(5)15/h1-2H,3H2. The zero-order valence-electron chi connectivity index (χ0n) is 8.11. The molecule has 17 heavy (non-hydrogen) atoms. The van der Waals surface area contributed by atoms with Gasteiger partial charge in [0.2, 0.25) is 0 Å².